The van der Waals surface area contributed by atoms with E-state index in [0.29, 0.717) is 16.6 Å². The molecule has 0 amide bonds. The van der Waals surface area contributed by atoms with Crippen molar-refractivity contribution in [2.75, 3.05) is 5.73 Å². The van der Waals surface area contributed by atoms with Crippen LogP contribution < -0.4 is 5.73 Å². The van der Waals surface area contributed by atoms with Gasteiger partial charge in [0.2, 0.25) is 0 Å². The van der Waals surface area contributed by atoms with Gasteiger partial charge in [0.25, 0.3) is 0 Å². The molecule has 7 heteroatoms. The van der Waals surface area contributed by atoms with Crippen LogP contribution in [-0.2, 0) is 6.18 Å². The predicted octanol–water partition coefficient (Wildman–Crippen LogP) is 4.42. The van der Waals surface area contributed by atoms with E-state index in [4.69, 9.17) is 5.73 Å². The van der Waals surface area contributed by atoms with E-state index in [9.17, 15) is 22.4 Å². The first-order valence-electron chi connectivity index (χ1n) is 5.66. The smallest absolute Gasteiger partial charge is 0.399 e. The predicted molar refractivity (Wildman–Crippen MR) is 73.4 cm³/mol. The summed E-state index contributed by atoms with van der Waals surface area (Å²) in [5.41, 5.74) is 4.23. The Morgan fingerprint density at radius 2 is 1.71 bits per heavy atom. The van der Waals surface area contributed by atoms with Gasteiger partial charge in [-0.2, -0.15) is 13.2 Å². The van der Waals surface area contributed by atoms with Crippen molar-refractivity contribution in [2.45, 2.75) is 6.18 Å². The lowest BCUT2D eigenvalue weighted by Gasteiger charge is -2.10. The second-order valence-electron chi connectivity index (χ2n) is 4.29. The van der Waals surface area contributed by atoms with Crippen molar-refractivity contribution in [3.63, 3.8) is 0 Å². The first-order valence-corrected chi connectivity index (χ1v) is 6.45. The molecule has 2 N–H and O–H groups in total. The third-order valence-corrected chi connectivity index (χ3v) is 3.17. The Labute approximate surface area is 125 Å². The quantitative estimate of drug-likeness (QED) is 0.488. The summed E-state index contributed by atoms with van der Waals surface area (Å²) in [5.74, 6) is -2.10. The van der Waals surface area contributed by atoms with Gasteiger partial charge in [-0.25, -0.2) is 4.39 Å². The highest BCUT2D eigenvalue weighted by atomic mass is 79.9. The van der Waals surface area contributed by atoms with Crippen LogP contribution in [0.15, 0.2) is 40.9 Å². The van der Waals surface area contributed by atoms with Crippen LogP contribution in [0, 0.1) is 5.82 Å². The normalized spacial score (nSPS) is 11.5. The van der Waals surface area contributed by atoms with E-state index in [2.05, 4.69) is 15.9 Å². The maximum Gasteiger partial charge on any atom is 0.419 e. The number of nitrogen functional groups attached to an aromatic ring is 1. The molecular weight excluding hydrogens is 354 g/mol. The third-order valence-electron chi connectivity index (χ3n) is 2.72. The number of halogens is 5. The molecule has 0 atom stereocenters. The largest absolute Gasteiger partial charge is 0.419 e. The lowest BCUT2D eigenvalue weighted by molar-refractivity contribution is -0.140. The topological polar surface area (TPSA) is 43.1 Å². The number of ketones is 1. The first-order chi connectivity index (χ1) is 9.68. The van der Waals surface area contributed by atoms with Crippen LogP contribution in [0.1, 0.15) is 21.5 Å². The molecule has 2 aromatic rings. The Morgan fingerprint density at radius 3 is 2.29 bits per heavy atom. The minimum atomic E-state index is -4.86. The van der Waals surface area contributed by atoms with Crippen LogP contribution >= 0.6 is 15.9 Å². The fourth-order valence-electron chi connectivity index (χ4n) is 1.79. The highest BCUT2D eigenvalue weighted by Gasteiger charge is 2.34. The first kappa shape index (κ1) is 15.5. The Bertz CT molecular complexity index is 692. The number of alkyl halides is 3. The number of hydrogen-bond donors (Lipinski definition) is 1. The monoisotopic (exact) mass is 361 g/mol. The van der Waals surface area contributed by atoms with Gasteiger partial charge < -0.3 is 5.73 Å². The van der Waals surface area contributed by atoms with Crippen LogP contribution in [0.2, 0.25) is 0 Å². The molecular formula is C14H8BrF4NO. The molecule has 0 aliphatic carbocycles. The lowest BCUT2D eigenvalue weighted by atomic mass is 10.0. The highest BCUT2D eigenvalue weighted by molar-refractivity contribution is 9.10. The molecule has 0 heterocycles. The van der Waals surface area contributed by atoms with Crippen molar-refractivity contribution in [3.8, 4) is 0 Å². The Hall–Kier alpha value is -1.89. The van der Waals surface area contributed by atoms with E-state index in [1.54, 1.807) is 6.07 Å². The number of rotatable bonds is 2. The molecule has 0 aromatic heterocycles. The molecule has 110 valence electrons. The Balaban J connectivity index is 2.49. The molecule has 0 saturated carbocycles. The summed E-state index contributed by atoms with van der Waals surface area (Å²) in [6.45, 7) is 0. The van der Waals surface area contributed by atoms with Crippen molar-refractivity contribution in [3.05, 3.63) is 63.4 Å². The molecule has 0 radical (unpaired) electrons. The fraction of sp³-hybridized carbons (Fsp3) is 0.0714. The van der Waals surface area contributed by atoms with Crippen LogP contribution in [-0.4, -0.2) is 5.78 Å². The van der Waals surface area contributed by atoms with E-state index < -0.39 is 23.3 Å². The molecule has 0 aliphatic heterocycles. The van der Waals surface area contributed by atoms with E-state index in [0.717, 1.165) is 6.07 Å². The average molecular weight is 362 g/mol. The maximum atomic E-state index is 13.2. The van der Waals surface area contributed by atoms with Crippen molar-refractivity contribution in [1.82, 2.24) is 0 Å². The van der Waals surface area contributed by atoms with Crippen LogP contribution in [0.3, 0.4) is 0 Å². The van der Waals surface area contributed by atoms with Crippen molar-refractivity contribution < 1.29 is 22.4 Å². The van der Waals surface area contributed by atoms with Gasteiger partial charge in [-0.1, -0.05) is 15.9 Å². The van der Waals surface area contributed by atoms with E-state index in [-0.39, 0.29) is 16.8 Å². The third kappa shape index (κ3) is 3.41. The van der Waals surface area contributed by atoms with Crippen LogP contribution in [0.5, 0.6) is 0 Å². The maximum absolute atomic E-state index is 13.2. The summed E-state index contributed by atoms with van der Waals surface area (Å²) in [5, 5.41) is 0. The van der Waals surface area contributed by atoms with Gasteiger partial charge >= 0.3 is 6.18 Å². The van der Waals surface area contributed by atoms with E-state index >= 15 is 0 Å². The molecule has 0 unspecified atom stereocenters. The number of nitrogens with two attached hydrogens (primary N) is 1. The summed E-state index contributed by atoms with van der Waals surface area (Å²) >= 11 is 3.14. The number of carbonyl (C=O) groups is 1. The SMILES string of the molecule is Nc1cc(Br)cc(C(=O)c2ccc(F)c(C(F)(F)F)c2)c1. The molecule has 2 rings (SSSR count). The van der Waals surface area contributed by atoms with Gasteiger partial charge in [0, 0.05) is 21.3 Å². The molecule has 0 bridgehead atoms. The number of anilines is 1. The standard InChI is InChI=1S/C14H8BrF4NO/c15-9-3-8(4-10(20)6-9)13(21)7-1-2-12(16)11(5-7)14(17,18)19/h1-6H,20H2. The molecule has 0 spiro atoms. The molecule has 0 fully saturated rings. The zero-order valence-corrected chi connectivity index (χ0v) is 11.9. The molecule has 0 aliphatic rings. The summed E-state index contributed by atoms with van der Waals surface area (Å²) in [6, 6.07) is 6.43. The minimum absolute atomic E-state index is 0.113. The van der Waals surface area contributed by atoms with Crippen molar-refractivity contribution in [2.24, 2.45) is 0 Å². The zero-order valence-electron chi connectivity index (χ0n) is 10.3. The molecule has 2 aromatic carbocycles. The second-order valence-corrected chi connectivity index (χ2v) is 5.21. The van der Waals surface area contributed by atoms with E-state index in [1.165, 1.54) is 12.1 Å². The van der Waals surface area contributed by atoms with E-state index in [1.807, 2.05) is 0 Å². The molecule has 2 nitrogen and oxygen atoms in total. The van der Waals surface area contributed by atoms with Gasteiger partial charge in [0.05, 0.1) is 5.56 Å². The number of benzene rings is 2. The summed E-state index contributed by atoms with van der Waals surface area (Å²) < 4.78 is 51.7. The molecule has 21 heavy (non-hydrogen) atoms. The lowest BCUT2D eigenvalue weighted by Crippen LogP contribution is -2.11. The Kier molecular flexibility index (Phi) is 4.04. The summed E-state index contributed by atoms with van der Waals surface area (Å²) in [6.07, 6.45) is -4.86. The van der Waals surface area contributed by atoms with Gasteiger partial charge in [0.1, 0.15) is 5.82 Å². The van der Waals surface area contributed by atoms with Crippen molar-refractivity contribution in [1.29, 1.82) is 0 Å². The van der Waals surface area contributed by atoms with Gasteiger partial charge in [-0.15, -0.1) is 0 Å². The average Bonchev–Trinajstić information content (AvgIpc) is 2.36. The van der Waals surface area contributed by atoms with Crippen molar-refractivity contribution >= 4 is 27.4 Å². The summed E-state index contributed by atoms with van der Waals surface area (Å²) in [4.78, 5) is 12.2. The van der Waals surface area contributed by atoms with Gasteiger partial charge in [-0.3, -0.25) is 4.79 Å². The summed E-state index contributed by atoms with van der Waals surface area (Å²) in [7, 11) is 0. The number of carbonyl (C=O) groups excluding carboxylic acids is 1. The zero-order chi connectivity index (χ0) is 15.8. The van der Waals surface area contributed by atoms with Crippen LogP contribution in [0.25, 0.3) is 0 Å². The second kappa shape index (κ2) is 5.48. The van der Waals surface area contributed by atoms with Gasteiger partial charge in [-0.05, 0) is 36.4 Å². The number of hydrogen-bond acceptors (Lipinski definition) is 2. The van der Waals surface area contributed by atoms with Crippen LogP contribution in [0.4, 0.5) is 23.2 Å². The fourth-order valence-corrected chi connectivity index (χ4v) is 2.30. The minimum Gasteiger partial charge on any atom is -0.399 e. The highest BCUT2D eigenvalue weighted by Crippen LogP contribution is 2.32. The molecule has 0 saturated heterocycles. The van der Waals surface area contributed by atoms with Gasteiger partial charge in [0.15, 0.2) is 5.78 Å². The Morgan fingerprint density at radius 1 is 1.05 bits per heavy atom.